The maximum absolute atomic E-state index is 9.50. The highest BCUT2D eigenvalue weighted by Gasteiger charge is 2.00. The van der Waals surface area contributed by atoms with E-state index in [9.17, 15) is 5.11 Å². The molecule has 0 amide bonds. The van der Waals surface area contributed by atoms with Crippen LogP contribution in [0.3, 0.4) is 0 Å². The fourth-order valence-corrected chi connectivity index (χ4v) is 1.34. The lowest BCUT2D eigenvalue weighted by Crippen LogP contribution is -1.87. The predicted octanol–water partition coefficient (Wildman–Crippen LogP) is 2.31. The van der Waals surface area contributed by atoms with Gasteiger partial charge in [0, 0.05) is 18.3 Å². The third kappa shape index (κ3) is 1.72. The highest BCUT2D eigenvalue weighted by atomic mass is 16.3. The lowest BCUT2D eigenvalue weighted by atomic mass is 10.1. The van der Waals surface area contributed by atoms with Crippen LogP contribution < -0.4 is 0 Å². The second-order valence-corrected chi connectivity index (χ2v) is 3.00. The number of phenolic OH excluding ortho intramolecular Hbond substituents is 1. The Hall–Kier alpha value is -1.70. The molecule has 0 aliphatic rings. The molecule has 1 aromatic heterocycles. The molecule has 2 nitrogen and oxygen atoms in total. The summed E-state index contributed by atoms with van der Waals surface area (Å²) >= 11 is 0. The summed E-state index contributed by atoms with van der Waals surface area (Å²) in [5.74, 6) is 0.358. The number of phenols is 1. The number of aromatic hydroxyl groups is 1. The van der Waals surface area contributed by atoms with Crippen molar-refractivity contribution in [3.8, 4) is 5.75 Å². The van der Waals surface area contributed by atoms with Gasteiger partial charge in [-0.05, 0) is 23.8 Å². The highest BCUT2D eigenvalue weighted by Crippen LogP contribution is 2.18. The number of para-hydroxylation sites is 1. The van der Waals surface area contributed by atoms with E-state index < -0.39 is 0 Å². The average molecular weight is 173 g/mol. The summed E-state index contributed by atoms with van der Waals surface area (Å²) in [6.45, 7) is 0. The lowest BCUT2D eigenvalue weighted by molar-refractivity contribution is 0.469. The van der Waals surface area contributed by atoms with Crippen LogP contribution >= 0.6 is 0 Å². The summed E-state index contributed by atoms with van der Waals surface area (Å²) in [6.07, 6.45) is 2.63. The monoisotopic (exact) mass is 173 g/mol. The normalized spacial score (nSPS) is 10.2. The molecule has 2 N–H and O–H groups in total. The molecule has 2 heteroatoms. The minimum absolute atomic E-state index is 0.358. The largest absolute Gasteiger partial charge is 0.508 e. The van der Waals surface area contributed by atoms with Gasteiger partial charge in [0.05, 0.1) is 0 Å². The first-order valence-corrected chi connectivity index (χ1v) is 4.25. The molecule has 2 rings (SSSR count). The van der Waals surface area contributed by atoms with Gasteiger partial charge in [-0.25, -0.2) is 0 Å². The molecule has 0 aliphatic carbocycles. The molecule has 0 spiro atoms. The summed E-state index contributed by atoms with van der Waals surface area (Å²) in [6, 6.07) is 11.3. The molecule has 13 heavy (non-hydrogen) atoms. The van der Waals surface area contributed by atoms with Crippen LogP contribution in [-0.4, -0.2) is 10.1 Å². The molecular formula is C11H11NO. The Labute approximate surface area is 76.9 Å². The van der Waals surface area contributed by atoms with E-state index in [0.717, 1.165) is 17.7 Å². The SMILES string of the molecule is Oc1ccccc1Cc1ccc[nH]1. The first-order valence-electron chi connectivity index (χ1n) is 4.25. The van der Waals surface area contributed by atoms with Crippen molar-refractivity contribution in [2.75, 3.05) is 0 Å². The highest BCUT2D eigenvalue weighted by molar-refractivity contribution is 5.34. The molecule has 0 aliphatic heterocycles. The number of benzene rings is 1. The van der Waals surface area contributed by atoms with Gasteiger partial charge >= 0.3 is 0 Å². The minimum atomic E-state index is 0.358. The van der Waals surface area contributed by atoms with E-state index in [1.807, 2.05) is 36.5 Å². The topological polar surface area (TPSA) is 36.0 Å². The van der Waals surface area contributed by atoms with Crippen LogP contribution in [0.4, 0.5) is 0 Å². The smallest absolute Gasteiger partial charge is 0.119 e. The van der Waals surface area contributed by atoms with Crippen LogP contribution in [0.15, 0.2) is 42.6 Å². The zero-order valence-corrected chi connectivity index (χ0v) is 7.20. The standard InChI is InChI=1S/C11H11NO/c13-11-6-2-1-4-9(11)8-10-5-3-7-12-10/h1-7,12-13H,8H2. The molecule has 2 aromatic rings. The molecule has 1 heterocycles. The van der Waals surface area contributed by atoms with Crippen molar-refractivity contribution < 1.29 is 5.11 Å². The van der Waals surface area contributed by atoms with Crippen LogP contribution in [0.1, 0.15) is 11.3 Å². The number of aromatic nitrogens is 1. The molecule has 66 valence electrons. The molecule has 0 atom stereocenters. The van der Waals surface area contributed by atoms with Crippen LogP contribution in [0.5, 0.6) is 5.75 Å². The van der Waals surface area contributed by atoms with E-state index >= 15 is 0 Å². The Morgan fingerprint density at radius 1 is 1.08 bits per heavy atom. The van der Waals surface area contributed by atoms with Gasteiger partial charge in [-0.1, -0.05) is 18.2 Å². The van der Waals surface area contributed by atoms with Gasteiger partial charge < -0.3 is 10.1 Å². The maximum Gasteiger partial charge on any atom is 0.119 e. The van der Waals surface area contributed by atoms with Crippen LogP contribution in [0.2, 0.25) is 0 Å². The Morgan fingerprint density at radius 2 is 1.92 bits per heavy atom. The Morgan fingerprint density at radius 3 is 2.62 bits per heavy atom. The van der Waals surface area contributed by atoms with E-state index in [1.54, 1.807) is 6.07 Å². The van der Waals surface area contributed by atoms with E-state index in [4.69, 9.17) is 0 Å². The second-order valence-electron chi connectivity index (χ2n) is 3.00. The van der Waals surface area contributed by atoms with Gasteiger partial charge in [-0.3, -0.25) is 0 Å². The van der Waals surface area contributed by atoms with Gasteiger partial charge in [-0.15, -0.1) is 0 Å². The second kappa shape index (κ2) is 3.35. The molecule has 0 fully saturated rings. The lowest BCUT2D eigenvalue weighted by Gasteiger charge is -2.01. The molecule has 1 aromatic carbocycles. The summed E-state index contributed by atoms with van der Waals surface area (Å²) in [5, 5.41) is 9.50. The van der Waals surface area contributed by atoms with Gasteiger partial charge in [0.15, 0.2) is 0 Å². The molecule has 0 saturated heterocycles. The van der Waals surface area contributed by atoms with E-state index in [-0.39, 0.29) is 0 Å². The minimum Gasteiger partial charge on any atom is -0.508 e. The van der Waals surface area contributed by atoms with Crippen LogP contribution in [0, 0.1) is 0 Å². The molecular weight excluding hydrogens is 162 g/mol. The van der Waals surface area contributed by atoms with Crippen molar-refractivity contribution >= 4 is 0 Å². The quantitative estimate of drug-likeness (QED) is 0.718. The van der Waals surface area contributed by atoms with Crippen molar-refractivity contribution in [2.24, 2.45) is 0 Å². The average Bonchev–Trinajstić information content (AvgIpc) is 2.61. The molecule has 0 unspecified atom stereocenters. The van der Waals surface area contributed by atoms with Gasteiger partial charge in [0.2, 0.25) is 0 Å². The van der Waals surface area contributed by atoms with Crippen LogP contribution in [0.25, 0.3) is 0 Å². The zero-order chi connectivity index (χ0) is 9.10. The summed E-state index contributed by atoms with van der Waals surface area (Å²) < 4.78 is 0. The molecule has 0 bridgehead atoms. The van der Waals surface area contributed by atoms with Gasteiger partial charge in [0.1, 0.15) is 5.75 Å². The Kier molecular flexibility index (Phi) is 2.04. The van der Waals surface area contributed by atoms with Crippen molar-refractivity contribution in [2.45, 2.75) is 6.42 Å². The van der Waals surface area contributed by atoms with Crippen molar-refractivity contribution in [1.29, 1.82) is 0 Å². The maximum atomic E-state index is 9.50. The number of rotatable bonds is 2. The fourth-order valence-electron chi connectivity index (χ4n) is 1.34. The van der Waals surface area contributed by atoms with Crippen LogP contribution in [-0.2, 0) is 6.42 Å². The third-order valence-corrected chi connectivity index (χ3v) is 2.03. The summed E-state index contributed by atoms with van der Waals surface area (Å²) in [7, 11) is 0. The van der Waals surface area contributed by atoms with E-state index in [2.05, 4.69) is 4.98 Å². The van der Waals surface area contributed by atoms with Crippen molar-refractivity contribution in [1.82, 2.24) is 4.98 Å². The number of hydrogen-bond acceptors (Lipinski definition) is 1. The van der Waals surface area contributed by atoms with Gasteiger partial charge in [-0.2, -0.15) is 0 Å². The first-order chi connectivity index (χ1) is 6.36. The zero-order valence-electron chi connectivity index (χ0n) is 7.20. The Bertz CT molecular complexity index is 379. The number of aromatic amines is 1. The number of nitrogens with one attached hydrogen (secondary N) is 1. The molecule has 0 saturated carbocycles. The summed E-state index contributed by atoms with van der Waals surface area (Å²) in [5.41, 5.74) is 2.06. The van der Waals surface area contributed by atoms with Crippen molar-refractivity contribution in [3.63, 3.8) is 0 Å². The van der Waals surface area contributed by atoms with Crippen molar-refractivity contribution in [3.05, 3.63) is 53.9 Å². The van der Waals surface area contributed by atoms with E-state index in [1.165, 1.54) is 0 Å². The number of hydrogen-bond donors (Lipinski definition) is 2. The summed E-state index contributed by atoms with van der Waals surface area (Å²) in [4.78, 5) is 3.10. The van der Waals surface area contributed by atoms with Gasteiger partial charge in [0.25, 0.3) is 0 Å². The fraction of sp³-hybridized carbons (Fsp3) is 0.0909. The third-order valence-electron chi connectivity index (χ3n) is 2.03. The van der Waals surface area contributed by atoms with E-state index in [0.29, 0.717) is 5.75 Å². The first kappa shape index (κ1) is 7.92. The molecule has 0 radical (unpaired) electrons. The Balaban J connectivity index is 2.24. The number of H-pyrrole nitrogens is 1. The predicted molar refractivity (Wildman–Crippen MR) is 51.7 cm³/mol.